The Kier molecular flexibility index (Phi) is 5.52. The van der Waals surface area contributed by atoms with Gasteiger partial charge in [-0.25, -0.2) is 22.5 Å². The number of aromatic nitrogens is 2. The van der Waals surface area contributed by atoms with E-state index in [1.807, 2.05) is 28.8 Å². The minimum atomic E-state index is -3.66. The molecule has 154 valence electrons. The zero-order valence-electron chi connectivity index (χ0n) is 16.2. The first-order valence-electron chi connectivity index (χ1n) is 9.33. The highest BCUT2D eigenvalue weighted by molar-refractivity contribution is 7.89. The number of hydrogen-bond donors (Lipinski definition) is 1. The summed E-state index contributed by atoms with van der Waals surface area (Å²) in [7, 11) is -2.14. The molecule has 3 aromatic carbocycles. The predicted molar refractivity (Wildman–Crippen MR) is 113 cm³/mol. The summed E-state index contributed by atoms with van der Waals surface area (Å²) < 4.78 is 48.2. The van der Waals surface area contributed by atoms with Gasteiger partial charge in [0.05, 0.1) is 23.0 Å². The fourth-order valence-electron chi connectivity index (χ4n) is 3.25. The van der Waals surface area contributed by atoms with E-state index in [9.17, 15) is 12.8 Å². The standard InChI is InChI=1S/C22H20FN3O3S/c1-29-18-10-12-19(13-11-18)30(27,28)24-14-15-26-21-5-3-2-4-20(21)25-22(26)16-6-8-17(23)9-7-16/h2-13,24H,14-15H2,1H3. The molecule has 0 atom stereocenters. The van der Waals surface area contributed by atoms with Gasteiger partial charge in [0.1, 0.15) is 17.4 Å². The van der Waals surface area contributed by atoms with Gasteiger partial charge in [0.2, 0.25) is 10.0 Å². The van der Waals surface area contributed by atoms with Crippen molar-refractivity contribution in [2.45, 2.75) is 11.4 Å². The molecule has 0 saturated carbocycles. The van der Waals surface area contributed by atoms with Crippen molar-refractivity contribution in [2.75, 3.05) is 13.7 Å². The van der Waals surface area contributed by atoms with Crippen LogP contribution in [0.4, 0.5) is 4.39 Å². The summed E-state index contributed by atoms with van der Waals surface area (Å²) in [5.74, 6) is 0.913. The number of rotatable bonds is 7. The molecule has 0 radical (unpaired) electrons. The molecule has 0 bridgehead atoms. The van der Waals surface area contributed by atoms with Gasteiger partial charge in [-0.1, -0.05) is 12.1 Å². The molecule has 0 aliphatic heterocycles. The number of halogens is 1. The van der Waals surface area contributed by atoms with Gasteiger partial charge in [-0.05, 0) is 60.7 Å². The summed E-state index contributed by atoms with van der Waals surface area (Å²) in [6.45, 7) is 0.533. The van der Waals surface area contributed by atoms with Crippen LogP contribution in [0.3, 0.4) is 0 Å². The Morgan fingerprint density at radius 1 is 1.00 bits per heavy atom. The Morgan fingerprint density at radius 2 is 1.70 bits per heavy atom. The number of nitrogens with one attached hydrogen (secondary N) is 1. The molecule has 0 saturated heterocycles. The molecular formula is C22H20FN3O3S. The topological polar surface area (TPSA) is 73.2 Å². The molecule has 6 nitrogen and oxygen atoms in total. The van der Waals surface area contributed by atoms with Crippen LogP contribution in [-0.2, 0) is 16.6 Å². The van der Waals surface area contributed by atoms with Crippen molar-refractivity contribution >= 4 is 21.1 Å². The van der Waals surface area contributed by atoms with E-state index in [4.69, 9.17) is 4.74 Å². The van der Waals surface area contributed by atoms with Crippen molar-refractivity contribution in [3.8, 4) is 17.1 Å². The molecule has 0 fully saturated rings. The number of ether oxygens (including phenoxy) is 1. The molecule has 0 spiro atoms. The molecule has 1 heterocycles. The average molecular weight is 425 g/mol. The highest BCUT2D eigenvalue weighted by atomic mass is 32.2. The van der Waals surface area contributed by atoms with Crippen LogP contribution in [0.2, 0.25) is 0 Å². The van der Waals surface area contributed by atoms with Crippen molar-refractivity contribution < 1.29 is 17.5 Å². The Balaban J connectivity index is 1.59. The largest absolute Gasteiger partial charge is 0.497 e. The van der Waals surface area contributed by atoms with Gasteiger partial charge in [-0.15, -0.1) is 0 Å². The number of fused-ring (bicyclic) bond motifs is 1. The fourth-order valence-corrected chi connectivity index (χ4v) is 4.27. The quantitative estimate of drug-likeness (QED) is 0.488. The lowest BCUT2D eigenvalue weighted by Crippen LogP contribution is -2.27. The summed E-state index contributed by atoms with van der Waals surface area (Å²) in [5.41, 5.74) is 2.42. The second-order valence-corrected chi connectivity index (χ2v) is 8.42. The van der Waals surface area contributed by atoms with Gasteiger partial charge in [-0.2, -0.15) is 0 Å². The number of benzene rings is 3. The van der Waals surface area contributed by atoms with Gasteiger partial charge in [0.25, 0.3) is 0 Å². The monoisotopic (exact) mass is 425 g/mol. The number of para-hydroxylation sites is 2. The molecule has 30 heavy (non-hydrogen) atoms. The van der Waals surface area contributed by atoms with Crippen LogP contribution < -0.4 is 9.46 Å². The van der Waals surface area contributed by atoms with E-state index >= 15 is 0 Å². The summed E-state index contributed by atoms with van der Waals surface area (Å²) in [6, 6.07) is 19.9. The van der Waals surface area contributed by atoms with E-state index in [2.05, 4.69) is 9.71 Å². The summed E-state index contributed by atoms with van der Waals surface area (Å²) in [4.78, 5) is 4.82. The number of hydrogen-bond acceptors (Lipinski definition) is 4. The molecule has 0 amide bonds. The van der Waals surface area contributed by atoms with E-state index in [1.165, 1.54) is 31.4 Å². The molecule has 0 unspecified atom stereocenters. The van der Waals surface area contributed by atoms with Crippen LogP contribution in [0.1, 0.15) is 0 Å². The minimum absolute atomic E-state index is 0.164. The third-order valence-electron chi connectivity index (χ3n) is 4.75. The minimum Gasteiger partial charge on any atom is -0.497 e. The Bertz CT molecular complexity index is 1270. The van der Waals surface area contributed by atoms with Crippen LogP contribution in [0, 0.1) is 5.82 Å². The SMILES string of the molecule is COc1ccc(S(=O)(=O)NCCn2c(-c3ccc(F)cc3)nc3ccccc32)cc1. The molecule has 0 aliphatic rings. The summed E-state index contributed by atoms with van der Waals surface area (Å²) >= 11 is 0. The Hall–Kier alpha value is -3.23. The normalized spacial score (nSPS) is 11.7. The van der Waals surface area contributed by atoms with Crippen molar-refractivity contribution in [2.24, 2.45) is 0 Å². The maximum Gasteiger partial charge on any atom is 0.240 e. The smallest absolute Gasteiger partial charge is 0.240 e. The van der Waals surface area contributed by atoms with Crippen molar-refractivity contribution in [1.29, 1.82) is 0 Å². The molecular weight excluding hydrogens is 405 g/mol. The van der Waals surface area contributed by atoms with E-state index < -0.39 is 10.0 Å². The van der Waals surface area contributed by atoms with Crippen molar-refractivity contribution in [1.82, 2.24) is 14.3 Å². The van der Waals surface area contributed by atoms with Gasteiger partial charge in [0.15, 0.2) is 0 Å². The highest BCUT2D eigenvalue weighted by Crippen LogP contribution is 2.25. The Morgan fingerprint density at radius 3 is 2.40 bits per heavy atom. The first-order valence-corrected chi connectivity index (χ1v) is 10.8. The van der Waals surface area contributed by atoms with Crippen LogP contribution in [0.25, 0.3) is 22.4 Å². The number of nitrogens with zero attached hydrogens (tertiary/aromatic N) is 2. The van der Waals surface area contributed by atoms with Gasteiger partial charge >= 0.3 is 0 Å². The van der Waals surface area contributed by atoms with Crippen molar-refractivity contribution in [3.63, 3.8) is 0 Å². The first kappa shape index (κ1) is 20.1. The lowest BCUT2D eigenvalue weighted by atomic mass is 10.2. The van der Waals surface area contributed by atoms with Crippen LogP contribution in [-0.4, -0.2) is 31.6 Å². The van der Waals surface area contributed by atoms with E-state index in [-0.39, 0.29) is 17.3 Å². The Labute approximate surface area is 174 Å². The third-order valence-corrected chi connectivity index (χ3v) is 6.23. The summed E-state index contributed by atoms with van der Waals surface area (Å²) in [5, 5.41) is 0. The molecule has 4 rings (SSSR count). The summed E-state index contributed by atoms with van der Waals surface area (Å²) in [6.07, 6.45) is 0. The van der Waals surface area contributed by atoms with Crippen LogP contribution in [0.15, 0.2) is 77.7 Å². The lowest BCUT2D eigenvalue weighted by molar-refractivity contribution is 0.414. The van der Waals surface area contributed by atoms with E-state index in [0.717, 1.165) is 16.6 Å². The van der Waals surface area contributed by atoms with E-state index in [1.54, 1.807) is 24.3 Å². The van der Waals surface area contributed by atoms with Gasteiger partial charge < -0.3 is 9.30 Å². The van der Waals surface area contributed by atoms with Crippen molar-refractivity contribution in [3.05, 3.63) is 78.6 Å². The second kappa shape index (κ2) is 8.25. The zero-order valence-corrected chi connectivity index (χ0v) is 17.1. The highest BCUT2D eigenvalue weighted by Gasteiger charge is 2.16. The predicted octanol–water partition coefficient (Wildman–Crippen LogP) is 3.83. The molecule has 4 aromatic rings. The third kappa shape index (κ3) is 4.05. The van der Waals surface area contributed by atoms with E-state index in [0.29, 0.717) is 18.1 Å². The lowest BCUT2D eigenvalue weighted by Gasteiger charge is -2.11. The fraction of sp³-hybridized carbons (Fsp3) is 0.136. The molecule has 0 aliphatic carbocycles. The number of imidazole rings is 1. The van der Waals surface area contributed by atoms with Crippen LogP contribution in [0.5, 0.6) is 5.75 Å². The van der Waals surface area contributed by atoms with Gasteiger partial charge in [0, 0.05) is 18.7 Å². The van der Waals surface area contributed by atoms with Gasteiger partial charge in [-0.3, -0.25) is 0 Å². The first-order chi connectivity index (χ1) is 14.5. The average Bonchev–Trinajstić information content (AvgIpc) is 3.13. The zero-order chi connectivity index (χ0) is 21.1. The molecule has 1 N–H and O–H groups in total. The number of sulfonamides is 1. The second-order valence-electron chi connectivity index (χ2n) is 6.66. The molecule has 1 aromatic heterocycles. The maximum atomic E-state index is 13.3. The number of methoxy groups -OCH3 is 1. The van der Waals surface area contributed by atoms with Crippen LogP contribution >= 0.6 is 0 Å². The molecule has 8 heteroatoms. The maximum absolute atomic E-state index is 13.3.